The van der Waals surface area contributed by atoms with Crippen LogP contribution in [0.1, 0.15) is 16.8 Å². The monoisotopic (exact) mass is 275 g/mol. The molecule has 0 aromatic carbocycles. The Morgan fingerprint density at radius 1 is 1.50 bits per heavy atom. The van der Waals surface area contributed by atoms with Crippen LogP contribution >= 0.6 is 0 Å². The van der Waals surface area contributed by atoms with Gasteiger partial charge in [-0.3, -0.25) is 9.59 Å². The van der Waals surface area contributed by atoms with Crippen molar-refractivity contribution in [3.8, 4) is 0 Å². The second-order valence-electron chi connectivity index (χ2n) is 4.61. The lowest BCUT2D eigenvalue weighted by Crippen LogP contribution is -2.36. The maximum absolute atomic E-state index is 11.3. The van der Waals surface area contributed by atoms with E-state index in [-0.39, 0.29) is 23.3 Å². The molecule has 0 aliphatic carbocycles. The van der Waals surface area contributed by atoms with Crippen molar-refractivity contribution in [1.82, 2.24) is 10.3 Å². The van der Waals surface area contributed by atoms with Crippen LogP contribution in [0.4, 0.5) is 11.6 Å². The van der Waals surface area contributed by atoms with Crippen LogP contribution in [-0.2, 0) is 4.79 Å². The third kappa shape index (κ3) is 2.87. The molecular weight excluding hydrogens is 258 g/mol. The van der Waals surface area contributed by atoms with Crippen molar-refractivity contribution in [2.24, 2.45) is 5.73 Å². The fourth-order valence-electron chi connectivity index (χ4n) is 2.19. The smallest absolute Gasteiger partial charge is 0.252 e. The number of amides is 2. The maximum atomic E-state index is 11.3. The molecule has 1 aromatic rings. The minimum absolute atomic E-state index is 0.0549. The third-order valence-electron chi connectivity index (χ3n) is 3.22. The van der Waals surface area contributed by atoms with Gasteiger partial charge >= 0.3 is 0 Å². The molecule has 0 radical (unpaired) electrons. The van der Waals surface area contributed by atoms with E-state index >= 15 is 0 Å². The third-order valence-corrected chi connectivity index (χ3v) is 3.22. The van der Waals surface area contributed by atoms with Gasteiger partial charge in [0.2, 0.25) is 5.91 Å². The van der Waals surface area contributed by atoms with Crippen LogP contribution in [0, 0.1) is 0 Å². The van der Waals surface area contributed by atoms with Crippen LogP contribution in [0.3, 0.4) is 0 Å². The highest BCUT2D eigenvalue weighted by Gasteiger charge is 2.24. The predicted molar refractivity (Wildman–Crippen MR) is 76.1 cm³/mol. The van der Waals surface area contributed by atoms with E-state index in [9.17, 15) is 9.59 Å². The van der Waals surface area contributed by atoms with Gasteiger partial charge in [-0.1, -0.05) is 6.58 Å². The molecule has 1 aromatic heterocycles. The van der Waals surface area contributed by atoms with Crippen molar-refractivity contribution in [2.45, 2.75) is 12.5 Å². The van der Waals surface area contributed by atoms with Gasteiger partial charge in [0.05, 0.1) is 5.56 Å². The molecule has 1 atom stereocenters. The van der Waals surface area contributed by atoms with E-state index < -0.39 is 5.91 Å². The Morgan fingerprint density at radius 3 is 2.85 bits per heavy atom. The minimum Gasteiger partial charge on any atom is -0.383 e. The van der Waals surface area contributed by atoms with Crippen LogP contribution in [0.15, 0.2) is 24.8 Å². The Morgan fingerprint density at radius 2 is 2.25 bits per heavy atom. The lowest BCUT2D eigenvalue weighted by molar-refractivity contribution is -0.117. The quantitative estimate of drug-likeness (QED) is 0.649. The van der Waals surface area contributed by atoms with Crippen molar-refractivity contribution in [1.29, 1.82) is 0 Å². The highest BCUT2D eigenvalue weighted by Crippen LogP contribution is 2.21. The van der Waals surface area contributed by atoms with Gasteiger partial charge in [-0.05, 0) is 24.6 Å². The Bertz CT molecular complexity index is 558. The Balaban J connectivity index is 2.06. The van der Waals surface area contributed by atoms with Gasteiger partial charge in [-0.25, -0.2) is 4.98 Å². The molecule has 0 unspecified atom stereocenters. The lowest BCUT2D eigenvalue weighted by Gasteiger charge is -2.18. The summed E-state index contributed by atoms with van der Waals surface area (Å²) in [6, 6.07) is 3.32. The fourth-order valence-corrected chi connectivity index (χ4v) is 2.19. The molecule has 1 saturated heterocycles. The molecule has 1 fully saturated rings. The largest absolute Gasteiger partial charge is 0.383 e. The number of anilines is 2. The number of nitrogens with two attached hydrogens (primary N) is 2. The first-order chi connectivity index (χ1) is 9.51. The number of hydrogen-bond donors (Lipinski definition) is 3. The number of rotatable bonds is 4. The summed E-state index contributed by atoms with van der Waals surface area (Å²) in [5, 5.41) is 2.84. The summed E-state index contributed by atoms with van der Waals surface area (Å²) in [7, 11) is 0. The summed E-state index contributed by atoms with van der Waals surface area (Å²) in [5.74, 6) is 0.00363. The van der Waals surface area contributed by atoms with E-state index in [1.165, 1.54) is 6.08 Å². The molecule has 0 bridgehead atoms. The normalized spacial score (nSPS) is 17.8. The molecule has 2 rings (SSSR count). The van der Waals surface area contributed by atoms with E-state index in [2.05, 4.69) is 16.9 Å². The maximum Gasteiger partial charge on any atom is 0.252 e. The van der Waals surface area contributed by atoms with Gasteiger partial charge in [0.1, 0.15) is 11.6 Å². The Labute approximate surface area is 116 Å². The standard InChI is InChI=1S/C13H17N5O2/c1-2-11(19)16-8-5-6-18(7-8)10-4-3-9(13(15)20)12(14)17-10/h2-4,8H,1,5-7H2,(H2,14,17)(H2,15,20)(H,16,19)/t8-/m1/s1. The molecule has 7 nitrogen and oxygen atoms in total. The van der Waals surface area contributed by atoms with E-state index in [4.69, 9.17) is 11.5 Å². The minimum atomic E-state index is -0.598. The van der Waals surface area contributed by atoms with E-state index in [0.717, 1.165) is 13.0 Å². The van der Waals surface area contributed by atoms with Gasteiger partial charge in [0.15, 0.2) is 0 Å². The molecule has 5 N–H and O–H groups in total. The second kappa shape index (κ2) is 5.60. The second-order valence-corrected chi connectivity index (χ2v) is 4.61. The highest BCUT2D eigenvalue weighted by atomic mass is 16.1. The van der Waals surface area contributed by atoms with Gasteiger partial charge in [0.25, 0.3) is 5.91 Å². The first-order valence-electron chi connectivity index (χ1n) is 6.25. The van der Waals surface area contributed by atoms with Gasteiger partial charge in [-0.2, -0.15) is 0 Å². The summed E-state index contributed by atoms with van der Waals surface area (Å²) in [5.41, 5.74) is 11.1. The molecule has 20 heavy (non-hydrogen) atoms. The molecule has 2 heterocycles. The molecule has 0 spiro atoms. The number of carbonyl (C=O) groups excluding carboxylic acids is 2. The van der Waals surface area contributed by atoms with E-state index in [1.807, 2.05) is 4.90 Å². The zero-order valence-corrected chi connectivity index (χ0v) is 11.0. The topological polar surface area (TPSA) is 114 Å². The predicted octanol–water partition coefficient (Wildman–Crippen LogP) is -0.356. The van der Waals surface area contributed by atoms with Gasteiger partial charge < -0.3 is 21.7 Å². The van der Waals surface area contributed by atoms with E-state index in [1.54, 1.807) is 12.1 Å². The number of primary amides is 1. The Hall–Kier alpha value is -2.57. The molecule has 106 valence electrons. The number of aromatic nitrogens is 1. The van der Waals surface area contributed by atoms with Crippen LogP contribution in [0.5, 0.6) is 0 Å². The van der Waals surface area contributed by atoms with Crippen LogP contribution in [-0.4, -0.2) is 35.9 Å². The highest BCUT2D eigenvalue weighted by molar-refractivity contribution is 5.97. The van der Waals surface area contributed by atoms with Gasteiger partial charge in [-0.15, -0.1) is 0 Å². The fraction of sp³-hybridized carbons (Fsp3) is 0.308. The number of carbonyl (C=O) groups is 2. The molecule has 1 aliphatic rings. The number of nitrogen functional groups attached to an aromatic ring is 1. The molecular formula is C13H17N5O2. The first-order valence-corrected chi connectivity index (χ1v) is 6.25. The van der Waals surface area contributed by atoms with Gasteiger partial charge in [0, 0.05) is 19.1 Å². The number of nitrogens with zero attached hydrogens (tertiary/aromatic N) is 2. The average Bonchev–Trinajstić information content (AvgIpc) is 2.86. The van der Waals surface area contributed by atoms with Crippen molar-refractivity contribution < 1.29 is 9.59 Å². The number of nitrogens with one attached hydrogen (secondary N) is 1. The van der Waals surface area contributed by atoms with Crippen LogP contribution in [0.25, 0.3) is 0 Å². The first kappa shape index (κ1) is 13.9. The molecule has 0 saturated carbocycles. The van der Waals surface area contributed by atoms with Crippen LogP contribution < -0.4 is 21.7 Å². The summed E-state index contributed by atoms with van der Waals surface area (Å²) >= 11 is 0. The molecule has 1 aliphatic heterocycles. The summed E-state index contributed by atoms with van der Waals surface area (Å²) in [4.78, 5) is 28.5. The molecule has 7 heteroatoms. The zero-order chi connectivity index (χ0) is 14.7. The van der Waals surface area contributed by atoms with Crippen molar-refractivity contribution in [3.05, 3.63) is 30.4 Å². The summed E-state index contributed by atoms with van der Waals surface area (Å²) < 4.78 is 0. The number of hydrogen-bond acceptors (Lipinski definition) is 5. The molecule has 2 amide bonds. The lowest BCUT2D eigenvalue weighted by atomic mass is 10.2. The van der Waals surface area contributed by atoms with Crippen LogP contribution in [0.2, 0.25) is 0 Å². The average molecular weight is 275 g/mol. The zero-order valence-electron chi connectivity index (χ0n) is 11.0. The van der Waals surface area contributed by atoms with Crippen molar-refractivity contribution in [2.75, 3.05) is 23.7 Å². The summed E-state index contributed by atoms with van der Waals surface area (Å²) in [6.07, 6.45) is 2.07. The summed E-state index contributed by atoms with van der Waals surface area (Å²) in [6.45, 7) is 4.81. The van der Waals surface area contributed by atoms with Crippen molar-refractivity contribution >= 4 is 23.5 Å². The SMILES string of the molecule is C=CC(=O)N[C@@H]1CCN(c2ccc(C(N)=O)c(N)n2)C1. The Kier molecular flexibility index (Phi) is 3.88. The number of pyridine rings is 1. The van der Waals surface area contributed by atoms with E-state index in [0.29, 0.717) is 12.4 Å². The van der Waals surface area contributed by atoms with Crippen molar-refractivity contribution in [3.63, 3.8) is 0 Å².